The van der Waals surface area contributed by atoms with Crippen molar-refractivity contribution in [2.75, 3.05) is 0 Å². The number of benzene rings is 2. The van der Waals surface area contributed by atoms with Crippen LogP contribution in [0.15, 0.2) is 51.9 Å². The fraction of sp³-hybridized carbons (Fsp3) is 0.0625. The van der Waals surface area contributed by atoms with E-state index in [9.17, 15) is 9.90 Å². The summed E-state index contributed by atoms with van der Waals surface area (Å²) in [4.78, 5) is 16.6. The predicted molar refractivity (Wildman–Crippen MR) is 88.9 cm³/mol. The fourth-order valence-electron chi connectivity index (χ4n) is 2.26. The van der Waals surface area contributed by atoms with Gasteiger partial charge in [-0.2, -0.15) is 5.90 Å². The molecule has 0 saturated carbocycles. The zero-order valence-electron chi connectivity index (χ0n) is 12.5. The molecule has 3 rings (SSSR count). The Morgan fingerprint density at radius 3 is 2.67 bits per heavy atom. The van der Waals surface area contributed by atoms with Crippen LogP contribution in [0.5, 0.6) is 11.5 Å². The van der Waals surface area contributed by atoms with Gasteiger partial charge in [0, 0.05) is 12.1 Å². The smallest absolute Gasteiger partial charge is 0.260 e. The van der Waals surface area contributed by atoms with E-state index in [1.807, 2.05) is 31.2 Å². The molecule has 8 heteroatoms. The molecular weight excluding hydrogens is 334 g/mol. The average molecular weight is 347 g/mol. The van der Waals surface area contributed by atoms with Gasteiger partial charge in [-0.15, -0.1) is 9.32 Å². The molecule has 7 nitrogen and oxygen atoms in total. The van der Waals surface area contributed by atoms with E-state index >= 15 is 0 Å². The van der Waals surface area contributed by atoms with E-state index in [1.165, 1.54) is 18.4 Å². The van der Waals surface area contributed by atoms with E-state index in [1.54, 1.807) is 0 Å². The number of fused-ring (bicyclic) bond motifs is 1. The van der Waals surface area contributed by atoms with Crippen LogP contribution in [-0.4, -0.2) is 5.11 Å². The van der Waals surface area contributed by atoms with Crippen molar-refractivity contribution in [2.45, 2.75) is 6.92 Å². The third-order valence-corrected chi connectivity index (χ3v) is 3.78. The summed E-state index contributed by atoms with van der Waals surface area (Å²) < 4.78 is 14.9. The lowest BCUT2D eigenvalue weighted by Crippen LogP contribution is -2.05. The first-order valence-electron chi connectivity index (χ1n) is 6.82. The maximum absolute atomic E-state index is 12.7. The number of aryl methyl sites for hydroxylation is 1. The first-order valence-corrected chi connectivity index (χ1v) is 7.49. The van der Waals surface area contributed by atoms with Crippen molar-refractivity contribution in [3.8, 4) is 22.6 Å². The molecule has 0 radical (unpaired) electrons. The molecule has 0 amide bonds. The Morgan fingerprint density at radius 1 is 1.21 bits per heavy atom. The molecule has 24 heavy (non-hydrogen) atoms. The van der Waals surface area contributed by atoms with Crippen LogP contribution in [0.1, 0.15) is 5.56 Å². The van der Waals surface area contributed by atoms with E-state index in [2.05, 4.69) is 15.2 Å². The zero-order valence-corrected chi connectivity index (χ0v) is 13.3. The summed E-state index contributed by atoms with van der Waals surface area (Å²) in [6.07, 6.45) is 1.35. The number of hydrogen-bond donors (Lipinski definition) is 2. The molecule has 0 bridgehead atoms. The third-order valence-electron chi connectivity index (χ3n) is 3.39. The van der Waals surface area contributed by atoms with Crippen molar-refractivity contribution >= 4 is 23.3 Å². The number of hydrogen-bond acceptors (Lipinski definition) is 8. The van der Waals surface area contributed by atoms with Crippen molar-refractivity contribution in [2.24, 2.45) is 5.90 Å². The van der Waals surface area contributed by atoms with E-state index in [0.717, 1.165) is 5.56 Å². The van der Waals surface area contributed by atoms with Crippen molar-refractivity contribution in [3.05, 3.63) is 58.4 Å². The number of nitrogens with two attached hydrogens (primary N) is 1. The second-order valence-electron chi connectivity index (χ2n) is 4.98. The minimum absolute atomic E-state index is 0.0708. The van der Waals surface area contributed by atoms with E-state index in [0.29, 0.717) is 23.5 Å². The van der Waals surface area contributed by atoms with Gasteiger partial charge in [-0.3, -0.25) is 4.79 Å². The highest BCUT2D eigenvalue weighted by Crippen LogP contribution is 2.31. The molecule has 124 valence electrons. The highest BCUT2D eigenvalue weighted by molar-refractivity contribution is 7.90. The summed E-state index contributed by atoms with van der Waals surface area (Å²) in [7, 11) is 0. The molecule has 0 aliphatic carbocycles. The van der Waals surface area contributed by atoms with Crippen molar-refractivity contribution in [1.82, 2.24) is 0 Å². The molecule has 3 aromatic rings. The summed E-state index contributed by atoms with van der Waals surface area (Å²) in [6.45, 7) is 1.96. The van der Waals surface area contributed by atoms with Gasteiger partial charge in [0.1, 0.15) is 28.7 Å². The van der Waals surface area contributed by atoms with Crippen LogP contribution < -0.4 is 15.5 Å². The summed E-state index contributed by atoms with van der Waals surface area (Å²) in [5.41, 5.74) is 1.99. The molecule has 1 heterocycles. The highest BCUT2D eigenvalue weighted by Gasteiger charge is 2.15. The molecule has 0 aliphatic heterocycles. The number of rotatable bonds is 5. The highest BCUT2D eigenvalue weighted by atomic mass is 32.2. The molecule has 0 saturated heterocycles. The predicted octanol–water partition coefficient (Wildman–Crippen LogP) is 3.24. The largest absolute Gasteiger partial charge is 0.507 e. The van der Waals surface area contributed by atoms with Gasteiger partial charge in [-0.1, -0.05) is 29.8 Å². The zero-order chi connectivity index (χ0) is 17.1. The van der Waals surface area contributed by atoms with Crippen LogP contribution in [0.2, 0.25) is 0 Å². The Morgan fingerprint density at radius 2 is 1.96 bits per heavy atom. The van der Waals surface area contributed by atoms with Crippen molar-refractivity contribution < 1.29 is 23.0 Å². The minimum atomic E-state index is -0.335. The van der Waals surface area contributed by atoms with Gasteiger partial charge >= 0.3 is 0 Å². The molecule has 0 atom stereocenters. The fourth-order valence-corrected chi connectivity index (χ4v) is 2.49. The van der Waals surface area contributed by atoms with E-state index in [-0.39, 0.29) is 27.9 Å². The minimum Gasteiger partial charge on any atom is -0.507 e. The van der Waals surface area contributed by atoms with Gasteiger partial charge in [0.05, 0.1) is 5.56 Å². The normalized spacial score (nSPS) is 10.9. The molecule has 3 N–H and O–H groups in total. The maximum atomic E-state index is 12.7. The van der Waals surface area contributed by atoms with Crippen LogP contribution in [0.4, 0.5) is 0 Å². The SMILES string of the molecule is Cc1ccc(-c2coc3cc(OSOON)cc(O)c3c2=O)cc1. The maximum Gasteiger partial charge on any atom is 0.260 e. The Kier molecular flexibility index (Phi) is 4.72. The summed E-state index contributed by atoms with van der Waals surface area (Å²) in [5.74, 6) is 4.62. The van der Waals surface area contributed by atoms with Gasteiger partial charge in [-0.05, 0) is 12.5 Å². The number of phenolic OH excluding ortho intramolecular Hbond substituents is 1. The Labute approximate surface area is 140 Å². The Hall–Kier alpha value is -2.52. The lowest BCUT2D eigenvalue weighted by molar-refractivity contribution is -0.199. The number of phenols is 1. The van der Waals surface area contributed by atoms with E-state index < -0.39 is 0 Å². The molecule has 0 spiro atoms. The quantitative estimate of drug-likeness (QED) is 0.314. The van der Waals surface area contributed by atoms with Crippen LogP contribution in [0.3, 0.4) is 0 Å². The summed E-state index contributed by atoms with van der Waals surface area (Å²) >= 11 is 0.451. The monoisotopic (exact) mass is 347 g/mol. The number of aromatic hydroxyl groups is 1. The summed E-state index contributed by atoms with van der Waals surface area (Å²) in [5, 5.41) is 10.2. The Bertz CT molecular complexity index is 922. The van der Waals surface area contributed by atoms with Gasteiger partial charge in [0.25, 0.3) is 12.3 Å². The molecule has 0 aliphatic rings. The van der Waals surface area contributed by atoms with E-state index in [4.69, 9.17) is 8.60 Å². The molecular formula is C16H13NO6S. The molecule has 0 fully saturated rings. The van der Waals surface area contributed by atoms with Crippen LogP contribution in [0, 0.1) is 6.92 Å². The van der Waals surface area contributed by atoms with Crippen molar-refractivity contribution in [1.29, 1.82) is 0 Å². The van der Waals surface area contributed by atoms with Crippen LogP contribution in [0.25, 0.3) is 22.1 Å². The average Bonchev–Trinajstić information content (AvgIpc) is 2.56. The standard InChI is InChI=1S/C16H13NO6S/c1-9-2-4-10(5-3-9)12-8-20-14-7-11(21-24-23-22-17)6-13(18)15(14)16(12)19/h2-8,18H,17H2,1H3. The van der Waals surface area contributed by atoms with Gasteiger partial charge in [-0.25, -0.2) is 0 Å². The molecule has 1 aromatic heterocycles. The summed E-state index contributed by atoms with van der Waals surface area (Å²) in [6, 6.07) is 10.2. The van der Waals surface area contributed by atoms with Crippen molar-refractivity contribution in [3.63, 3.8) is 0 Å². The Balaban J connectivity index is 2.06. The second kappa shape index (κ2) is 6.93. The lowest BCUT2D eigenvalue weighted by atomic mass is 10.0. The van der Waals surface area contributed by atoms with Crippen LogP contribution >= 0.6 is 12.3 Å². The topological polar surface area (TPSA) is 104 Å². The van der Waals surface area contributed by atoms with Crippen LogP contribution in [-0.2, 0) is 9.32 Å². The second-order valence-corrected chi connectivity index (χ2v) is 5.41. The van der Waals surface area contributed by atoms with Gasteiger partial charge < -0.3 is 13.7 Å². The van der Waals surface area contributed by atoms with Gasteiger partial charge in [0.2, 0.25) is 5.43 Å². The molecule has 2 aromatic carbocycles. The first-order chi connectivity index (χ1) is 11.6. The van der Waals surface area contributed by atoms with Gasteiger partial charge in [0.15, 0.2) is 0 Å². The molecule has 0 unspecified atom stereocenters. The lowest BCUT2D eigenvalue weighted by Gasteiger charge is -2.07. The third kappa shape index (κ3) is 3.22. The first kappa shape index (κ1) is 16.3.